The Labute approximate surface area is 88.0 Å². The van der Waals surface area contributed by atoms with Crippen molar-refractivity contribution in [3.8, 4) is 0 Å². The van der Waals surface area contributed by atoms with Gasteiger partial charge in [-0.1, -0.05) is 0 Å². The van der Waals surface area contributed by atoms with Crippen LogP contribution in [-0.4, -0.2) is 18.1 Å². The van der Waals surface area contributed by atoms with Gasteiger partial charge >= 0.3 is 5.97 Å². The molecule has 1 aromatic heterocycles. The molecule has 1 heterocycles. The molecule has 0 aliphatic heterocycles. The van der Waals surface area contributed by atoms with Crippen molar-refractivity contribution in [1.29, 1.82) is 0 Å². The van der Waals surface area contributed by atoms with Gasteiger partial charge < -0.3 is 9.15 Å². The van der Waals surface area contributed by atoms with E-state index < -0.39 is 5.97 Å². The number of oxazole rings is 1. The van der Waals surface area contributed by atoms with E-state index in [9.17, 15) is 4.79 Å². The number of nitrogens with zero attached hydrogens (tertiary/aromatic N) is 1. The van der Waals surface area contributed by atoms with Crippen LogP contribution in [0.15, 0.2) is 27.4 Å². The Morgan fingerprint density at radius 1 is 1.57 bits per heavy atom. The van der Waals surface area contributed by atoms with E-state index in [0.29, 0.717) is 21.1 Å². The minimum absolute atomic E-state index is 0.393. The number of methoxy groups -OCH3 is 1. The van der Waals surface area contributed by atoms with Crippen LogP contribution in [0.1, 0.15) is 10.4 Å². The number of ether oxygens (including phenoxy) is 1. The van der Waals surface area contributed by atoms with Gasteiger partial charge in [-0.05, 0) is 28.1 Å². The predicted molar refractivity (Wildman–Crippen MR) is 53.0 cm³/mol. The Kier molecular flexibility index (Phi) is 2.25. The van der Waals surface area contributed by atoms with Crippen molar-refractivity contribution in [3.63, 3.8) is 0 Å². The molecular weight excluding hydrogens is 250 g/mol. The monoisotopic (exact) mass is 255 g/mol. The fraction of sp³-hybridized carbons (Fsp3) is 0.111. The number of hydrogen-bond donors (Lipinski definition) is 0. The van der Waals surface area contributed by atoms with Crippen LogP contribution in [0.3, 0.4) is 0 Å². The van der Waals surface area contributed by atoms with Crippen LogP contribution in [0.2, 0.25) is 0 Å². The highest BCUT2D eigenvalue weighted by molar-refractivity contribution is 9.10. The highest BCUT2D eigenvalue weighted by Gasteiger charge is 2.11. The van der Waals surface area contributed by atoms with Gasteiger partial charge in [-0.3, -0.25) is 0 Å². The van der Waals surface area contributed by atoms with Gasteiger partial charge in [0.05, 0.1) is 17.1 Å². The molecule has 0 N–H and O–H groups in total. The zero-order chi connectivity index (χ0) is 10.1. The molecule has 2 aromatic rings. The van der Waals surface area contributed by atoms with Gasteiger partial charge in [-0.25, -0.2) is 9.78 Å². The maximum atomic E-state index is 11.2. The van der Waals surface area contributed by atoms with Crippen LogP contribution < -0.4 is 0 Å². The van der Waals surface area contributed by atoms with Crippen LogP contribution in [-0.2, 0) is 4.74 Å². The minimum Gasteiger partial charge on any atom is -0.465 e. The topological polar surface area (TPSA) is 52.3 Å². The number of benzene rings is 1. The van der Waals surface area contributed by atoms with Gasteiger partial charge in [-0.2, -0.15) is 0 Å². The van der Waals surface area contributed by atoms with Gasteiger partial charge in [0.15, 0.2) is 12.0 Å². The zero-order valence-electron chi connectivity index (χ0n) is 7.28. The first-order valence-corrected chi connectivity index (χ1v) is 4.62. The van der Waals surface area contributed by atoms with E-state index in [1.807, 2.05) is 0 Å². The summed E-state index contributed by atoms with van der Waals surface area (Å²) >= 11 is 3.28. The van der Waals surface area contributed by atoms with Crippen molar-refractivity contribution < 1.29 is 13.9 Å². The Bertz CT molecular complexity index is 492. The molecule has 0 fully saturated rings. The smallest absolute Gasteiger partial charge is 0.337 e. The molecule has 5 heteroatoms. The molecule has 72 valence electrons. The first-order valence-electron chi connectivity index (χ1n) is 3.83. The number of carbonyl (C=O) groups is 1. The molecule has 0 aliphatic rings. The van der Waals surface area contributed by atoms with E-state index in [0.717, 1.165) is 0 Å². The van der Waals surface area contributed by atoms with Crippen molar-refractivity contribution in [2.45, 2.75) is 0 Å². The number of carbonyl (C=O) groups excluding carboxylic acids is 1. The summed E-state index contributed by atoms with van der Waals surface area (Å²) in [6.07, 6.45) is 1.33. The second-order valence-corrected chi connectivity index (χ2v) is 3.50. The third-order valence-corrected chi connectivity index (χ3v) is 2.40. The maximum absolute atomic E-state index is 11.2. The maximum Gasteiger partial charge on any atom is 0.337 e. The van der Waals surface area contributed by atoms with Crippen molar-refractivity contribution in [2.24, 2.45) is 0 Å². The van der Waals surface area contributed by atoms with Gasteiger partial charge in [0, 0.05) is 0 Å². The van der Waals surface area contributed by atoms with Crippen LogP contribution in [0, 0.1) is 0 Å². The molecule has 0 bridgehead atoms. The van der Waals surface area contributed by atoms with Crippen molar-refractivity contribution in [3.05, 3.63) is 28.6 Å². The van der Waals surface area contributed by atoms with Crippen LogP contribution in [0.25, 0.3) is 11.1 Å². The molecule has 0 radical (unpaired) electrons. The Morgan fingerprint density at radius 3 is 3.07 bits per heavy atom. The van der Waals surface area contributed by atoms with Crippen molar-refractivity contribution in [1.82, 2.24) is 4.98 Å². The van der Waals surface area contributed by atoms with Gasteiger partial charge in [0.2, 0.25) is 0 Å². The molecule has 0 spiro atoms. The van der Waals surface area contributed by atoms with Crippen LogP contribution >= 0.6 is 15.9 Å². The van der Waals surface area contributed by atoms with Crippen molar-refractivity contribution in [2.75, 3.05) is 7.11 Å². The fourth-order valence-electron chi connectivity index (χ4n) is 1.16. The average Bonchev–Trinajstić information content (AvgIpc) is 2.64. The number of hydrogen-bond acceptors (Lipinski definition) is 4. The van der Waals surface area contributed by atoms with E-state index in [-0.39, 0.29) is 0 Å². The average molecular weight is 256 g/mol. The Hall–Kier alpha value is -1.36. The summed E-state index contributed by atoms with van der Waals surface area (Å²) in [5.41, 5.74) is 1.69. The summed E-state index contributed by atoms with van der Waals surface area (Å²) < 4.78 is 10.4. The summed E-state index contributed by atoms with van der Waals surface area (Å²) in [5, 5.41) is 0. The lowest BCUT2D eigenvalue weighted by Gasteiger charge is -1.99. The van der Waals surface area contributed by atoms with Gasteiger partial charge in [0.1, 0.15) is 5.52 Å². The lowest BCUT2D eigenvalue weighted by molar-refractivity contribution is 0.0601. The molecule has 0 atom stereocenters. The summed E-state index contributed by atoms with van der Waals surface area (Å²) in [7, 11) is 1.34. The van der Waals surface area contributed by atoms with Gasteiger partial charge in [-0.15, -0.1) is 0 Å². The first kappa shape index (κ1) is 9.21. The number of rotatable bonds is 1. The third-order valence-electron chi connectivity index (χ3n) is 1.81. The summed E-state index contributed by atoms with van der Waals surface area (Å²) in [4.78, 5) is 15.2. The van der Waals surface area contributed by atoms with Gasteiger partial charge in [0.25, 0.3) is 0 Å². The van der Waals surface area contributed by atoms with E-state index in [2.05, 4.69) is 25.7 Å². The molecule has 0 amide bonds. The number of halogens is 1. The first-order chi connectivity index (χ1) is 6.72. The van der Waals surface area contributed by atoms with Crippen LogP contribution in [0.4, 0.5) is 0 Å². The minimum atomic E-state index is -0.393. The number of fused-ring (bicyclic) bond motifs is 1. The molecule has 0 unspecified atom stereocenters. The highest BCUT2D eigenvalue weighted by Crippen LogP contribution is 2.25. The molecular formula is C9H6BrNO3. The Balaban J connectivity index is 2.64. The summed E-state index contributed by atoms with van der Waals surface area (Å²) in [5.74, 6) is -0.393. The second kappa shape index (κ2) is 3.42. The Morgan fingerprint density at radius 2 is 2.36 bits per heavy atom. The largest absolute Gasteiger partial charge is 0.465 e. The summed E-state index contributed by atoms with van der Waals surface area (Å²) in [6.45, 7) is 0. The number of esters is 1. The molecule has 2 rings (SSSR count). The zero-order valence-corrected chi connectivity index (χ0v) is 8.87. The lowest BCUT2D eigenvalue weighted by atomic mass is 10.2. The molecule has 14 heavy (non-hydrogen) atoms. The quantitative estimate of drug-likeness (QED) is 0.735. The highest BCUT2D eigenvalue weighted by atomic mass is 79.9. The molecule has 0 saturated carbocycles. The normalized spacial score (nSPS) is 10.4. The number of aromatic nitrogens is 1. The lowest BCUT2D eigenvalue weighted by Crippen LogP contribution is -2.00. The molecule has 1 aromatic carbocycles. The van der Waals surface area contributed by atoms with Crippen molar-refractivity contribution >= 4 is 33.0 Å². The molecule has 0 aliphatic carbocycles. The van der Waals surface area contributed by atoms with Crippen LogP contribution in [0.5, 0.6) is 0 Å². The molecule has 4 nitrogen and oxygen atoms in total. The molecule has 0 saturated heterocycles. The van der Waals surface area contributed by atoms with E-state index >= 15 is 0 Å². The SMILES string of the molecule is COC(=O)c1cc(Br)c2ocnc2c1. The van der Waals surface area contributed by atoms with E-state index in [4.69, 9.17) is 4.42 Å². The third kappa shape index (κ3) is 1.39. The predicted octanol–water partition coefficient (Wildman–Crippen LogP) is 2.38. The van der Waals surface area contributed by atoms with E-state index in [1.54, 1.807) is 12.1 Å². The summed E-state index contributed by atoms with van der Waals surface area (Å²) in [6, 6.07) is 3.26. The fourth-order valence-corrected chi connectivity index (χ4v) is 1.71. The second-order valence-electron chi connectivity index (χ2n) is 2.65. The standard InChI is InChI=1S/C9H6BrNO3/c1-13-9(12)5-2-6(10)8-7(3-5)11-4-14-8/h2-4H,1H3. The van der Waals surface area contributed by atoms with E-state index in [1.165, 1.54) is 13.5 Å².